The van der Waals surface area contributed by atoms with Gasteiger partial charge in [0, 0.05) is 5.97 Å². The number of hydrogen-bond donors (Lipinski definition) is 4. The maximum atomic E-state index is 11.5. The first-order chi connectivity index (χ1) is 15.1. The summed E-state index contributed by atoms with van der Waals surface area (Å²) in [4.78, 5) is 10.9. The van der Waals surface area contributed by atoms with E-state index < -0.39 is 5.97 Å². The molecule has 0 radical (unpaired) electrons. The van der Waals surface area contributed by atoms with Gasteiger partial charge in [-0.05, 0) is 111 Å². The van der Waals surface area contributed by atoms with Crippen LogP contribution in [-0.2, 0) is 4.79 Å². The van der Waals surface area contributed by atoms with E-state index in [0.29, 0.717) is 41.9 Å². The Hall–Kier alpha value is 0.310. The first kappa shape index (κ1) is 29.5. The van der Waals surface area contributed by atoms with E-state index in [1.54, 1.807) is 0 Å². The maximum absolute atomic E-state index is 11.5. The van der Waals surface area contributed by atoms with Crippen LogP contribution in [0.25, 0.3) is 0 Å². The quantitative estimate of drug-likeness (QED) is 0.383. The van der Waals surface area contributed by atoms with Gasteiger partial charge in [0.15, 0.2) is 0 Å². The van der Waals surface area contributed by atoms with Crippen molar-refractivity contribution in [3.8, 4) is 0 Å². The number of aliphatic hydroxyl groups is 4. The van der Waals surface area contributed by atoms with Crippen molar-refractivity contribution in [1.82, 2.24) is 0 Å². The van der Waals surface area contributed by atoms with E-state index in [0.717, 1.165) is 32.1 Å². The third-order valence-electron chi connectivity index (χ3n) is 10.4. The van der Waals surface area contributed by atoms with Gasteiger partial charge in [-0.1, -0.05) is 20.8 Å². The second-order valence-electron chi connectivity index (χ2n) is 11.7. The van der Waals surface area contributed by atoms with Crippen molar-refractivity contribution in [2.45, 2.75) is 97.2 Å². The Morgan fingerprint density at radius 1 is 1.00 bits per heavy atom. The third kappa shape index (κ3) is 5.68. The Morgan fingerprint density at radius 3 is 2.27 bits per heavy atom. The van der Waals surface area contributed by atoms with Crippen LogP contribution in [-0.4, -0.2) is 51.8 Å². The number of aliphatic carboxylic acids is 1. The van der Waals surface area contributed by atoms with E-state index in [-0.39, 0.29) is 72.2 Å². The van der Waals surface area contributed by atoms with Crippen LogP contribution in [0.5, 0.6) is 0 Å². The molecule has 0 aliphatic heterocycles. The van der Waals surface area contributed by atoms with Crippen LogP contribution in [0, 0.1) is 46.3 Å². The molecule has 4 rings (SSSR count). The Kier molecular flexibility index (Phi) is 10.8. The van der Waals surface area contributed by atoms with Crippen molar-refractivity contribution in [3.63, 3.8) is 0 Å². The molecular formula is C26H45NaO6. The molecule has 3 unspecified atom stereocenters. The molecule has 4 aliphatic carbocycles. The number of carbonyl (C=O) groups is 1. The molecule has 0 heterocycles. The van der Waals surface area contributed by atoms with E-state index in [4.69, 9.17) is 10.2 Å². The number of hydrogen-bond acceptors (Lipinski definition) is 6. The minimum Gasteiger partial charge on any atom is -0.550 e. The molecule has 4 saturated carbocycles. The molecular weight excluding hydrogens is 431 g/mol. The molecule has 4 fully saturated rings. The summed E-state index contributed by atoms with van der Waals surface area (Å²) < 4.78 is 0. The van der Waals surface area contributed by atoms with Crippen molar-refractivity contribution < 1.29 is 59.9 Å². The Balaban J connectivity index is 0.000000714. The maximum Gasteiger partial charge on any atom is 1.00 e. The van der Waals surface area contributed by atoms with Crippen LogP contribution in [0.3, 0.4) is 0 Å². The summed E-state index contributed by atoms with van der Waals surface area (Å²) >= 11 is 0. The molecule has 0 bridgehead atoms. The van der Waals surface area contributed by atoms with Crippen LogP contribution in [0.2, 0.25) is 0 Å². The minimum atomic E-state index is -0.957. The topological polar surface area (TPSA) is 121 Å². The van der Waals surface area contributed by atoms with E-state index in [2.05, 4.69) is 20.8 Å². The first-order valence-corrected chi connectivity index (χ1v) is 12.9. The molecule has 0 saturated heterocycles. The molecule has 186 valence electrons. The van der Waals surface area contributed by atoms with E-state index in [1.807, 2.05) is 0 Å². The zero-order valence-electron chi connectivity index (χ0n) is 21.2. The smallest absolute Gasteiger partial charge is 0.550 e. The van der Waals surface area contributed by atoms with E-state index in [1.165, 1.54) is 19.3 Å². The number of fused-ring (bicyclic) bond motifs is 5. The van der Waals surface area contributed by atoms with Gasteiger partial charge in [0.05, 0.1) is 25.4 Å². The van der Waals surface area contributed by atoms with Crippen molar-refractivity contribution >= 4 is 5.97 Å². The average molecular weight is 477 g/mol. The summed E-state index contributed by atoms with van der Waals surface area (Å²) in [5.41, 5.74) is 0.188. The van der Waals surface area contributed by atoms with Crippen molar-refractivity contribution in [2.75, 3.05) is 13.2 Å². The Bertz CT molecular complexity index is 644. The predicted octanol–water partition coefficient (Wildman–Crippen LogP) is -0.882. The van der Waals surface area contributed by atoms with E-state index in [9.17, 15) is 20.1 Å². The van der Waals surface area contributed by atoms with Gasteiger partial charge in [0.1, 0.15) is 0 Å². The van der Waals surface area contributed by atoms with Crippen LogP contribution in [0.1, 0.15) is 85.0 Å². The minimum absolute atomic E-state index is 0. The number of carbonyl (C=O) groups excluding carboxylic acids is 1. The fourth-order valence-corrected chi connectivity index (χ4v) is 8.71. The SMILES string of the molecule is C[C@H](CCC(=O)[O-])[C@H]1CCC2C3CC[C@@H]4C[C@H](O)CC[C@]4(C)C3C[C@H](O)[C@@]21C.OCCO.[Na+]. The van der Waals surface area contributed by atoms with Gasteiger partial charge >= 0.3 is 29.6 Å². The van der Waals surface area contributed by atoms with Crippen LogP contribution >= 0.6 is 0 Å². The largest absolute Gasteiger partial charge is 1.00 e. The number of carboxylic acid groups (broad SMARTS) is 1. The van der Waals surface area contributed by atoms with Gasteiger partial charge < -0.3 is 30.3 Å². The zero-order valence-corrected chi connectivity index (χ0v) is 23.2. The second-order valence-corrected chi connectivity index (χ2v) is 11.7. The summed E-state index contributed by atoms with van der Waals surface area (Å²) in [6.07, 6.45) is 8.98. The molecule has 4 N–H and O–H groups in total. The van der Waals surface area contributed by atoms with Gasteiger partial charge in [-0.2, -0.15) is 0 Å². The predicted molar refractivity (Wildman–Crippen MR) is 120 cm³/mol. The monoisotopic (exact) mass is 476 g/mol. The van der Waals surface area contributed by atoms with Gasteiger partial charge in [-0.15, -0.1) is 0 Å². The molecule has 0 aromatic carbocycles. The fourth-order valence-electron chi connectivity index (χ4n) is 8.71. The van der Waals surface area contributed by atoms with Crippen LogP contribution < -0.4 is 34.7 Å². The summed E-state index contributed by atoms with van der Waals surface area (Å²) in [7, 11) is 0. The van der Waals surface area contributed by atoms with Crippen molar-refractivity contribution in [2.24, 2.45) is 46.3 Å². The Labute approximate surface area is 221 Å². The van der Waals surface area contributed by atoms with Crippen molar-refractivity contribution in [3.05, 3.63) is 0 Å². The molecule has 0 aromatic rings. The molecule has 0 spiro atoms. The van der Waals surface area contributed by atoms with Gasteiger partial charge in [0.25, 0.3) is 0 Å². The second kappa shape index (κ2) is 12.0. The molecule has 0 amide bonds. The summed E-state index contributed by atoms with van der Waals surface area (Å²) in [6, 6.07) is 0. The molecule has 33 heavy (non-hydrogen) atoms. The average Bonchev–Trinajstić information content (AvgIpc) is 3.12. The third-order valence-corrected chi connectivity index (χ3v) is 10.4. The molecule has 0 aromatic heterocycles. The van der Waals surface area contributed by atoms with E-state index >= 15 is 0 Å². The summed E-state index contributed by atoms with van der Waals surface area (Å²) in [5.74, 6) is 2.19. The van der Waals surface area contributed by atoms with Gasteiger partial charge in [-0.25, -0.2) is 0 Å². The van der Waals surface area contributed by atoms with Gasteiger partial charge in [0.2, 0.25) is 0 Å². The number of aliphatic hydroxyl groups excluding tert-OH is 4. The summed E-state index contributed by atoms with van der Waals surface area (Å²) in [6.45, 7) is 6.69. The van der Waals surface area contributed by atoms with Crippen LogP contribution in [0.15, 0.2) is 0 Å². The molecule has 6 nitrogen and oxygen atoms in total. The zero-order chi connectivity index (χ0) is 23.7. The number of rotatable bonds is 5. The van der Waals surface area contributed by atoms with Gasteiger partial charge in [-0.3, -0.25) is 0 Å². The Morgan fingerprint density at radius 2 is 1.67 bits per heavy atom. The standard InChI is InChI=1S/C24H40O4.C2H6O2.Na/c1-14(4-9-22(27)28)18-7-8-19-17-6-5-15-12-16(25)10-11-23(15,2)20(17)13-21(26)24(18,19)3;3-1-2-4;/h14-21,25-26H,4-13H2,1-3H3,(H,27,28);3-4H,1-2H2;/q;;+1/p-1/t14-,15-,16-,17?,18-,19?,20?,21+,23+,24-;;/m1../s1. The molecule has 7 heteroatoms. The fraction of sp³-hybridized carbons (Fsp3) is 0.962. The summed E-state index contributed by atoms with van der Waals surface area (Å²) in [5, 5.41) is 47.8. The molecule has 10 atom stereocenters. The van der Waals surface area contributed by atoms with Crippen molar-refractivity contribution in [1.29, 1.82) is 0 Å². The normalized spacial score (nSPS) is 44.8. The first-order valence-electron chi connectivity index (χ1n) is 12.9. The van der Waals surface area contributed by atoms with Crippen LogP contribution in [0.4, 0.5) is 0 Å². The molecule has 4 aliphatic rings. The number of carboxylic acids is 1.